The third kappa shape index (κ3) is 5.26. The van der Waals surface area contributed by atoms with Gasteiger partial charge in [-0.3, -0.25) is 9.58 Å². The number of aromatic nitrogens is 3. The van der Waals surface area contributed by atoms with Gasteiger partial charge in [-0.2, -0.15) is 0 Å². The first kappa shape index (κ1) is 14.4. The Labute approximate surface area is 115 Å². The maximum atomic E-state index is 5.33. The number of morpholine rings is 1. The van der Waals surface area contributed by atoms with Gasteiger partial charge in [-0.1, -0.05) is 5.21 Å². The highest BCUT2D eigenvalue weighted by molar-refractivity contribution is 4.93. The summed E-state index contributed by atoms with van der Waals surface area (Å²) in [6, 6.07) is 0. The predicted octanol–water partition coefficient (Wildman–Crippen LogP) is 0.498. The second-order valence-corrected chi connectivity index (χ2v) is 6.03. The van der Waals surface area contributed by atoms with Crippen LogP contribution in [0.3, 0.4) is 0 Å². The van der Waals surface area contributed by atoms with Crippen molar-refractivity contribution in [1.82, 2.24) is 25.2 Å². The molecule has 19 heavy (non-hydrogen) atoms. The molecule has 0 aliphatic carbocycles. The van der Waals surface area contributed by atoms with Crippen LogP contribution in [0.15, 0.2) is 6.20 Å². The zero-order chi connectivity index (χ0) is 13.7. The maximum absolute atomic E-state index is 5.33. The molecule has 2 heterocycles. The third-order valence-corrected chi connectivity index (χ3v) is 3.13. The molecule has 6 nitrogen and oxygen atoms in total. The highest BCUT2D eigenvalue weighted by Crippen LogP contribution is 2.02. The SMILES string of the molecule is CC(C)(C)NCc1cn(CCN2CCOCC2)nn1. The normalized spacial score (nSPS) is 17.8. The summed E-state index contributed by atoms with van der Waals surface area (Å²) in [6.07, 6.45) is 2.03. The number of hydrogen-bond donors (Lipinski definition) is 1. The van der Waals surface area contributed by atoms with E-state index in [-0.39, 0.29) is 5.54 Å². The van der Waals surface area contributed by atoms with Gasteiger partial charge in [0, 0.05) is 37.9 Å². The van der Waals surface area contributed by atoms with Crippen LogP contribution in [0.1, 0.15) is 26.5 Å². The Kier molecular flexibility index (Phi) is 4.90. The molecule has 0 atom stereocenters. The second-order valence-electron chi connectivity index (χ2n) is 6.03. The van der Waals surface area contributed by atoms with Crippen molar-refractivity contribution in [2.24, 2.45) is 0 Å². The fourth-order valence-corrected chi connectivity index (χ4v) is 1.95. The second kappa shape index (κ2) is 6.45. The molecular weight excluding hydrogens is 242 g/mol. The molecule has 0 amide bonds. The number of nitrogens with zero attached hydrogens (tertiary/aromatic N) is 4. The molecule has 1 aromatic rings. The fraction of sp³-hybridized carbons (Fsp3) is 0.846. The van der Waals surface area contributed by atoms with E-state index in [9.17, 15) is 0 Å². The Morgan fingerprint density at radius 3 is 2.68 bits per heavy atom. The molecule has 1 saturated heterocycles. The van der Waals surface area contributed by atoms with Crippen molar-refractivity contribution in [2.45, 2.75) is 39.4 Å². The average molecular weight is 267 g/mol. The van der Waals surface area contributed by atoms with Crippen molar-refractivity contribution in [2.75, 3.05) is 32.8 Å². The number of ether oxygens (including phenoxy) is 1. The zero-order valence-electron chi connectivity index (χ0n) is 12.2. The van der Waals surface area contributed by atoms with E-state index in [1.807, 2.05) is 10.9 Å². The fourth-order valence-electron chi connectivity index (χ4n) is 1.95. The standard InChI is InChI=1S/C13H25N5O/c1-13(2,3)14-10-12-11-18(16-15-12)5-4-17-6-8-19-9-7-17/h11,14H,4-10H2,1-3H3. The van der Waals surface area contributed by atoms with Crippen LogP contribution in [0, 0.1) is 0 Å². The van der Waals surface area contributed by atoms with E-state index in [1.165, 1.54) is 0 Å². The lowest BCUT2D eigenvalue weighted by molar-refractivity contribution is 0.0359. The molecule has 1 fully saturated rings. The van der Waals surface area contributed by atoms with E-state index in [1.54, 1.807) is 0 Å². The molecule has 0 aromatic carbocycles. The Balaban J connectivity index is 1.74. The van der Waals surface area contributed by atoms with Gasteiger partial charge in [-0.15, -0.1) is 5.10 Å². The molecule has 2 rings (SSSR count). The van der Waals surface area contributed by atoms with Crippen LogP contribution in [-0.2, 0) is 17.8 Å². The quantitative estimate of drug-likeness (QED) is 0.842. The monoisotopic (exact) mass is 267 g/mol. The first-order chi connectivity index (χ1) is 9.03. The lowest BCUT2D eigenvalue weighted by Gasteiger charge is -2.26. The first-order valence-corrected chi connectivity index (χ1v) is 6.97. The van der Waals surface area contributed by atoms with E-state index in [2.05, 4.69) is 41.3 Å². The summed E-state index contributed by atoms with van der Waals surface area (Å²) in [4.78, 5) is 2.40. The molecule has 0 unspecified atom stereocenters. The highest BCUT2D eigenvalue weighted by Gasteiger charge is 2.12. The maximum Gasteiger partial charge on any atom is 0.0965 e. The van der Waals surface area contributed by atoms with Crippen molar-refractivity contribution in [3.8, 4) is 0 Å². The van der Waals surface area contributed by atoms with Gasteiger partial charge in [-0.05, 0) is 20.8 Å². The molecule has 1 aliphatic rings. The lowest BCUT2D eigenvalue weighted by atomic mass is 10.1. The van der Waals surface area contributed by atoms with Crippen molar-refractivity contribution < 1.29 is 4.74 Å². The Morgan fingerprint density at radius 2 is 2.00 bits per heavy atom. The van der Waals surface area contributed by atoms with Gasteiger partial charge in [0.2, 0.25) is 0 Å². The van der Waals surface area contributed by atoms with Gasteiger partial charge in [-0.25, -0.2) is 0 Å². The Morgan fingerprint density at radius 1 is 1.26 bits per heavy atom. The van der Waals surface area contributed by atoms with E-state index in [0.29, 0.717) is 0 Å². The minimum absolute atomic E-state index is 0.109. The molecule has 1 N–H and O–H groups in total. The van der Waals surface area contributed by atoms with E-state index in [0.717, 1.165) is 51.6 Å². The molecular formula is C13H25N5O. The van der Waals surface area contributed by atoms with Crippen molar-refractivity contribution in [1.29, 1.82) is 0 Å². The van der Waals surface area contributed by atoms with Crippen LogP contribution < -0.4 is 5.32 Å². The first-order valence-electron chi connectivity index (χ1n) is 6.97. The summed E-state index contributed by atoms with van der Waals surface area (Å²) in [5.74, 6) is 0. The van der Waals surface area contributed by atoms with E-state index < -0.39 is 0 Å². The Hall–Kier alpha value is -0.980. The lowest BCUT2D eigenvalue weighted by Crippen LogP contribution is -2.38. The van der Waals surface area contributed by atoms with Gasteiger partial charge in [0.05, 0.1) is 25.5 Å². The van der Waals surface area contributed by atoms with Crippen molar-refractivity contribution in [3.05, 3.63) is 11.9 Å². The van der Waals surface area contributed by atoms with E-state index in [4.69, 9.17) is 4.74 Å². The molecule has 0 spiro atoms. The smallest absolute Gasteiger partial charge is 0.0965 e. The van der Waals surface area contributed by atoms with Gasteiger partial charge in [0.1, 0.15) is 0 Å². The van der Waals surface area contributed by atoms with Crippen LogP contribution in [-0.4, -0.2) is 58.3 Å². The summed E-state index contributed by atoms with van der Waals surface area (Å²) in [5, 5.41) is 11.8. The van der Waals surface area contributed by atoms with Crippen LogP contribution in [0.5, 0.6) is 0 Å². The minimum Gasteiger partial charge on any atom is -0.379 e. The summed E-state index contributed by atoms with van der Waals surface area (Å²) in [6.45, 7) is 12.8. The Bertz CT molecular complexity index is 379. The minimum atomic E-state index is 0.109. The summed E-state index contributed by atoms with van der Waals surface area (Å²) < 4.78 is 7.26. The van der Waals surface area contributed by atoms with Crippen molar-refractivity contribution >= 4 is 0 Å². The molecule has 1 aromatic heterocycles. The molecule has 108 valence electrons. The molecule has 0 saturated carbocycles. The van der Waals surface area contributed by atoms with Gasteiger partial charge >= 0.3 is 0 Å². The van der Waals surface area contributed by atoms with Crippen LogP contribution >= 0.6 is 0 Å². The largest absolute Gasteiger partial charge is 0.379 e. The topological polar surface area (TPSA) is 55.2 Å². The highest BCUT2D eigenvalue weighted by atomic mass is 16.5. The molecule has 0 bridgehead atoms. The number of hydrogen-bond acceptors (Lipinski definition) is 5. The third-order valence-electron chi connectivity index (χ3n) is 3.13. The molecule has 0 radical (unpaired) electrons. The van der Waals surface area contributed by atoms with Crippen LogP contribution in [0.4, 0.5) is 0 Å². The number of nitrogens with one attached hydrogen (secondary N) is 1. The zero-order valence-corrected chi connectivity index (χ0v) is 12.2. The summed E-state index contributed by atoms with van der Waals surface area (Å²) in [5.41, 5.74) is 1.11. The summed E-state index contributed by atoms with van der Waals surface area (Å²) in [7, 11) is 0. The number of rotatable bonds is 5. The predicted molar refractivity (Wildman–Crippen MR) is 73.9 cm³/mol. The van der Waals surface area contributed by atoms with Crippen LogP contribution in [0.25, 0.3) is 0 Å². The molecule has 6 heteroatoms. The van der Waals surface area contributed by atoms with Crippen LogP contribution in [0.2, 0.25) is 0 Å². The molecule has 1 aliphatic heterocycles. The van der Waals surface area contributed by atoms with Crippen molar-refractivity contribution in [3.63, 3.8) is 0 Å². The van der Waals surface area contributed by atoms with Gasteiger partial charge in [0.25, 0.3) is 0 Å². The van der Waals surface area contributed by atoms with E-state index >= 15 is 0 Å². The van der Waals surface area contributed by atoms with Gasteiger partial charge < -0.3 is 10.1 Å². The summed E-state index contributed by atoms with van der Waals surface area (Å²) >= 11 is 0. The van der Waals surface area contributed by atoms with Gasteiger partial charge in [0.15, 0.2) is 0 Å². The average Bonchev–Trinajstić information content (AvgIpc) is 2.82.